The van der Waals surface area contributed by atoms with E-state index in [1.165, 1.54) is 0 Å². The van der Waals surface area contributed by atoms with Crippen LogP contribution in [0.2, 0.25) is 0 Å². The van der Waals surface area contributed by atoms with E-state index < -0.39 is 11.8 Å². The summed E-state index contributed by atoms with van der Waals surface area (Å²) < 4.78 is 11.3. The summed E-state index contributed by atoms with van der Waals surface area (Å²) in [6.45, 7) is 5.53. The zero-order chi connectivity index (χ0) is 40.6. The standard InChI is InChI=1S/C22H28NO3.C20H23NO3.C2H3ClO2.Na/c1-4-23(2,3)16-17-26-21(24)15-12-18-10-13-20(14-11-18)22(25)19-8-6-5-7-9-19;1-21(2)14-15-24-19(22)13-10-16-8-11-18(12-9-16)20(23)17-6-4-3-5-7-17;3-1-2(4)5;/h5-11,13-14H,4,12,15-17H2,1-3H3;3-9,11-12H,10,13-15H2,1-2H3;1H2,(H,4,5);/q+1;;;+1/p-1. The predicted octanol–water partition coefficient (Wildman–Crippen LogP) is 2.42. The van der Waals surface area contributed by atoms with Crippen LogP contribution in [0.15, 0.2) is 109 Å². The average Bonchev–Trinajstić information content (AvgIpc) is 3.20. The van der Waals surface area contributed by atoms with Crippen LogP contribution in [-0.4, -0.2) is 106 Å². The van der Waals surface area contributed by atoms with E-state index in [9.17, 15) is 19.2 Å². The predicted molar refractivity (Wildman–Crippen MR) is 213 cm³/mol. The molecule has 56 heavy (non-hydrogen) atoms. The van der Waals surface area contributed by atoms with Gasteiger partial charge in [0.2, 0.25) is 0 Å². The van der Waals surface area contributed by atoms with Crippen LogP contribution in [0.1, 0.15) is 62.7 Å². The molecule has 0 saturated carbocycles. The maximum Gasteiger partial charge on any atom is 1.00 e. The van der Waals surface area contributed by atoms with Crippen LogP contribution < -0.4 is 34.7 Å². The Hall–Kier alpha value is -4.16. The fraction of sp³-hybridized carbons (Fsp3) is 0.341. The van der Waals surface area contributed by atoms with Gasteiger partial charge in [0.1, 0.15) is 19.8 Å². The van der Waals surface area contributed by atoms with E-state index in [0.717, 1.165) is 35.2 Å². The van der Waals surface area contributed by atoms with Gasteiger partial charge in [-0.3, -0.25) is 19.2 Å². The molecule has 0 radical (unpaired) electrons. The van der Waals surface area contributed by atoms with E-state index in [0.29, 0.717) is 61.2 Å². The molecule has 0 N–H and O–H groups in total. The van der Waals surface area contributed by atoms with Gasteiger partial charge < -0.3 is 28.8 Å². The Morgan fingerprint density at radius 2 is 0.982 bits per heavy atom. The number of carboxylic acids is 1. The van der Waals surface area contributed by atoms with E-state index in [4.69, 9.17) is 19.4 Å². The number of ether oxygens (including phenoxy) is 2. The van der Waals surface area contributed by atoms with Gasteiger partial charge in [-0.05, 0) is 45.0 Å². The number of ketones is 2. The van der Waals surface area contributed by atoms with Crippen molar-refractivity contribution in [1.82, 2.24) is 4.90 Å². The third kappa shape index (κ3) is 20.7. The molecule has 0 aliphatic rings. The van der Waals surface area contributed by atoms with Gasteiger partial charge >= 0.3 is 41.5 Å². The molecule has 0 fully saturated rings. The number of carbonyl (C=O) groups is 5. The van der Waals surface area contributed by atoms with E-state index in [1.807, 2.05) is 116 Å². The summed E-state index contributed by atoms with van der Waals surface area (Å²) in [4.78, 5) is 59.3. The number of esters is 2. The fourth-order valence-corrected chi connectivity index (χ4v) is 4.70. The number of halogens is 1. The molecule has 0 unspecified atom stereocenters. The molecule has 4 rings (SSSR count). The molecule has 4 aromatic carbocycles. The summed E-state index contributed by atoms with van der Waals surface area (Å²) in [6.07, 6.45) is 1.93. The topological polar surface area (TPSA) is 130 Å². The minimum Gasteiger partial charge on any atom is -0.549 e. The van der Waals surface area contributed by atoms with Crippen molar-refractivity contribution in [2.45, 2.75) is 32.6 Å². The zero-order valence-corrected chi connectivity index (χ0v) is 36.3. The first-order valence-electron chi connectivity index (χ1n) is 18.2. The molecule has 0 bridgehead atoms. The van der Waals surface area contributed by atoms with Crippen molar-refractivity contribution >= 4 is 41.1 Å². The number of likely N-dealkylation sites (N-methyl/N-ethyl adjacent to an activating group) is 2. The Kier molecular flexibility index (Phi) is 24.4. The molecule has 294 valence electrons. The number of quaternary nitrogens is 1. The van der Waals surface area contributed by atoms with Gasteiger partial charge in [0, 0.05) is 41.6 Å². The van der Waals surface area contributed by atoms with E-state index >= 15 is 0 Å². The van der Waals surface area contributed by atoms with Gasteiger partial charge in [0.05, 0.1) is 32.5 Å². The number of hydrogen-bond acceptors (Lipinski definition) is 9. The van der Waals surface area contributed by atoms with Gasteiger partial charge in [-0.1, -0.05) is 109 Å². The summed E-state index contributed by atoms with van der Waals surface area (Å²) in [5.41, 5.74) is 4.70. The minimum atomic E-state index is -1.23. The number of rotatable bonds is 18. The number of hydrogen-bond donors (Lipinski definition) is 0. The molecule has 10 nitrogen and oxygen atoms in total. The molecule has 0 heterocycles. The molecule has 0 aliphatic heterocycles. The summed E-state index contributed by atoms with van der Waals surface area (Å²) in [5, 5.41) is 9.12. The number of carbonyl (C=O) groups excluding carboxylic acids is 5. The molecule has 4 aromatic rings. The van der Waals surface area contributed by atoms with Crippen LogP contribution in [-0.2, 0) is 36.7 Å². The second-order valence-corrected chi connectivity index (χ2v) is 13.8. The molecule has 0 aromatic heterocycles. The van der Waals surface area contributed by atoms with Crippen LogP contribution in [0.5, 0.6) is 0 Å². The maximum absolute atomic E-state index is 12.4. The third-order valence-electron chi connectivity index (χ3n) is 8.47. The number of nitrogens with zero attached hydrogens (tertiary/aromatic N) is 2. The molecule has 0 spiro atoms. The number of carboxylic acid groups (broad SMARTS) is 1. The summed E-state index contributed by atoms with van der Waals surface area (Å²) in [7, 11) is 8.11. The average molecular weight is 796 g/mol. The van der Waals surface area contributed by atoms with E-state index in [1.54, 1.807) is 12.1 Å². The Balaban J connectivity index is 0.000000493. The van der Waals surface area contributed by atoms with Crippen molar-refractivity contribution in [2.24, 2.45) is 0 Å². The second-order valence-electron chi connectivity index (χ2n) is 13.5. The number of aryl methyl sites for hydroxylation is 2. The summed E-state index contributed by atoms with van der Waals surface area (Å²) in [6, 6.07) is 33.3. The zero-order valence-electron chi connectivity index (χ0n) is 33.5. The van der Waals surface area contributed by atoms with Crippen molar-refractivity contribution in [2.75, 3.05) is 66.9 Å². The van der Waals surface area contributed by atoms with Crippen molar-refractivity contribution in [3.05, 3.63) is 143 Å². The fourth-order valence-electron chi connectivity index (χ4n) is 4.70. The molecule has 0 saturated heterocycles. The van der Waals surface area contributed by atoms with E-state index in [2.05, 4.69) is 32.6 Å². The van der Waals surface area contributed by atoms with Crippen LogP contribution in [0, 0.1) is 0 Å². The van der Waals surface area contributed by atoms with Crippen LogP contribution in [0.4, 0.5) is 0 Å². The first-order chi connectivity index (χ1) is 26.2. The number of alkyl halides is 1. The molecule has 0 amide bonds. The van der Waals surface area contributed by atoms with Crippen LogP contribution in [0.25, 0.3) is 0 Å². The third-order valence-corrected chi connectivity index (χ3v) is 8.68. The maximum atomic E-state index is 12.4. The smallest absolute Gasteiger partial charge is 0.549 e. The Labute approximate surface area is 358 Å². The molecular weight excluding hydrogens is 743 g/mol. The first kappa shape index (κ1) is 49.9. The Morgan fingerprint density at radius 3 is 1.32 bits per heavy atom. The largest absolute Gasteiger partial charge is 1.00 e. The monoisotopic (exact) mass is 795 g/mol. The van der Waals surface area contributed by atoms with Crippen molar-refractivity contribution < 1.29 is 72.6 Å². The van der Waals surface area contributed by atoms with Gasteiger partial charge in [0.15, 0.2) is 11.6 Å². The SMILES string of the molecule is CC[N+](C)(C)CCOC(=O)CCc1ccc(C(=O)c2ccccc2)cc1.CN(C)CCOC(=O)CCc1ccc(C(=O)c2ccccc2)cc1.O=C([O-])CCl.[Na+]. The first-order valence-corrected chi connectivity index (χ1v) is 18.7. The Morgan fingerprint density at radius 1 is 0.625 bits per heavy atom. The quantitative estimate of drug-likeness (QED) is 0.0491. The van der Waals surface area contributed by atoms with Gasteiger partial charge in [-0.25, -0.2) is 0 Å². The second kappa shape index (κ2) is 27.4. The minimum absolute atomic E-state index is 0. The number of aliphatic carboxylic acids is 1. The van der Waals surface area contributed by atoms with Crippen LogP contribution in [0.3, 0.4) is 0 Å². The number of benzene rings is 4. The molecular formula is C44H53ClN2NaO8+. The van der Waals surface area contributed by atoms with Crippen LogP contribution >= 0.6 is 11.6 Å². The van der Waals surface area contributed by atoms with Crippen molar-refractivity contribution in [1.29, 1.82) is 0 Å². The van der Waals surface area contributed by atoms with Gasteiger partial charge in [-0.2, -0.15) is 0 Å². The Bertz CT molecular complexity index is 1770. The summed E-state index contributed by atoms with van der Waals surface area (Å²) in [5.74, 6) is -2.00. The molecule has 0 aliphatic carbocycles. The van der Waals surface area contributed by atoms with Crippen molar-refractivity contribution in [3.63, 3.8) is 0 Å². The van der Waals surface area contributed by atoms with Gasteiger partial charge in [-0.15, -0.1) is 11.6 Å². The summed E-state index contributed by atoms with van der Waals surface area (Å²) >= 11 is 4.67. The van der Waals surface area contributed by atoms with E-state index in [-0.39, 0.29) is 53.1 Å². The molecule has 12 heteroatoms. The normalized spacial score (nSPS) is 10.4. The van der Waals surface area contributed by atoms with Crippen molar-refractivity contribution in [3.8, 4) is 0 Å². The molecule has 0 atom stereocenters. The van der Waals surface area contributed by atoms with Gasteiger partial charge in [0.25, 0.3) is 0 Å².